The third-order valence-corrected chi connectivity index (χ3v) is 3.91. The summed E-state index contributed by atoms with van der Waals surface area (Å²) in [5, 5.41) is 0.696. The first-order valence-electron chi connectivity index (χ1n) is 7.39. The van der Waals surface area contributed by atoms with Gasteiger partial charge in [-0.1, -0.05) is 37.6 Å². The Bertz CT molecular complexity index is 476. The quantitative estimate of drug-likeness (QED) is 0.930. The van der Waals surface area contributed by atoms with Crippen LogP contribution in [0.2, 0.25) is 5.02 Å². The van der Waals surface area contributed by atoms with Crippen LogP contribution in [0, 0.1) is 5.92 Å². The molecule has 1 aliphatic rings. The number of carbonyl (C=O) groups excluding carboxylic acids is 1. The zero-order chi connectivity index (χ0) is 15.4. The first kappa shape index (κ1) is 16.3. The number of carbonyl (C=O) groups is 1. The van der Waals surface area contributed by atoms with Gasteiger partial charge < -0.3 is 15.4 Å². The van der Waals surface area contributed by atoms with Crippen LogP contribution in [-0.4, -0.2) is 36.5 Å². The lowest BCUT2D eigenvalue weighted by molar-refractivity contribution is -0.140. The predicted molar refractivity (Wildman–Crippen MR) is 84.2 cm³/mol. The summed E-state index contributed by atoms with van der Waals surface area (Å²) in [6, 6.07) is 7.13. The van der Waals surface area contributed by atoms with E-state index in [0.29, 0.717) is 37.1 Å². The fraction of sp³-hybridized carbons (Fsp3) is 0.562. The minimum absolute atomic E-state index is 0.0194. The first-order chi connectivity index (χ1) is 9.97. The SMILES string of the molecule is CC(C)C[C@@H](N)C(=O)N1CCOC(c2ccc(Cl)cc2)C1. The van der Waals surface area contributed by atoms with Crippen molar-refractivity contribution < 1.29 is 9.53 Å². The van der Waals surface area contributed by atoms with Crippen LogP contribution in [0.3, 0.4) is 0 Å². The van der Waals surface area contributed by atoms with Gasteiger partial charge in [0.15, 0.2) is 0 Å². The van der Waals surface area contributed by atoms with E-state index in [2.05, 4.69) is 13.8 Å². The largest absolute Gasteiger partial charge is 0.370 e. The minimum Gasteiger partial charge on any atom is -0.370 e. The minimum atomic E-state index is -0.422. The Labute approximate surface area is 131 Å². The second kappa shape index (κ2) is 7.25. The maximum Gasteiger partial charge on any atom is 0.239 e. The zero-order valence-electron chi connectivity index (χ0n) is 12.6. The van der Waals surface area contributed by atoms with Crippen molar-refractivity contribution in [2.45, 2.75) is 32.4 Å². The van der Waals surface area contributed by atoms with E-state index in [9.17, 15) is 4.79 Å². The molecule has 4 nitrogen and oxygen atoms in total. The van der Waals surface area contributed by atoms with Crippen molar-refractivity contribution >= 4 is 17.5 Å². The third-order valence-electron chi connectivity index (χ3n) is 3.66. The molecule has 5 heteroatoms. The highest BCUT2D eigenvalue weighted by Crippen LogP contribution is 2.24. The Morgan fingerprint density at radius 2 is 2.10 bits per heavy atom. The molecular weight excluding hydrogens is 288 g/mol. The van der Waals surface area contributed by atoms with Crippen LogP contribution in [0.4, 0.5) is 0 Å². The van der Waals surface area contributed by atoms with Crippen molar-refractivity contribution in [3.05, 3.63) is 34.9 Å². The number of morpholine rings is 1. The van der Waals surface area contributed by atoms with Gasteiger partial charge in [0.1, 0.15) is 6.10 Å². The summed E-state index contributed by atoms with van der Waals surface area (Å²) in [4.78, 5) is 14.2. The average Bonchev–Trinajstić information content (AvgIpc) is 2.46. The molecule has 116 valence electrons. The van der Waals surface area contributed by atoms with Crippen LogP contribution in [0.15, 0.2) is 24.3 Å². The maximum absolute atomic E-state index is 12.4. The number of hydrogen-bond acceptors (Lipinski definition) is 3. The molecule has 0 bridgehead atoms. The van der Waals surface area contributed by atoms with Crippen LogP contribution in [0.25, 0.3) is 0 Å². The highest BCUT2D eigenvalue weighted by molar-refractivity contribution is 6.30. The molecule has 2 rings (SSSR count). The lowest BCUT2D eigenvalue weighted by atomic mass is 10.0. The summed E-state index contributed by atoms with van der Waals surface area (Å²) in [7, 11) is 0. The Morgan fingerprint density at radius 1 is 1.43 bits per heavy atom. The maximum atomic E-state index is 12.4. The Balaban J connectivity index is 2.00. The number of nitrogens with zero attached hydrogens (tertiary/aromatic N) is 1. The van der Waals surface area contributed by atoms with Gasteiger partial charge in [-0.05, 0) is 30.0 Å². The molecule has 2 atom stereocenters. The summed E-state index contributed by atoms with van der Waals surface area (Å²) in [5.41, 5.74) is 7.04. The predicted octanol–water partition coefficient (Wildman–Crippen LogP) is 2.61. The Kier molecular flexibility index (Phi) is 5.62. The van der Waals surface area contributed by atoms with Crippen LogP contribution in [0.1, 0.15) is 31.9 Å². The van der Waals surface area contributed by atoms with E-state index in [1.807, 2.05) is 29.2 Å². The number of ether oxygens (including phenoxy) is 1. The molecule has 1 amide bonds. The van der Waals surface area contributed by atoms with Gasteiger partial charge in [0.05, 0.1) is 19.2 Å². The van der Waals surface area contributed by atoms with Crippen molar-refractivity contribution in [1.29, 1.82) is 0 Å². The normalized spacial score (nSPS) is 20.6. The summed E-state index contributed by atoms with van der Waals surface area (Å²) in [5.74, 6) is 0.433. The van der Waals surface area contributed by atoms with E-state index in [1.165, 1.54) is 0 Å². The van der Waals surface area contributed by atoms with Gasteiger partial charge in [-0.2, -0.15) is 0 Å². The van der Waals surface area contributed by atoms with Gasteiger partial charge in [0.2, 0.25) is 5.91 Å². The highest BCUT2D eigenvalue weighted by atomic mass is 35.5. The Hall–Kier alpha value is -1.10. The van der Waals surface area contributed by atoms with Crippen molar-refractivity contribution in [2.75, 3.05) is 19.7 Å². The van der Waals surface area contributed by atoms with Gasteiger partial charge in [-0.3, -0.25) is 4.79 Å². The molecule has 21 heavy (non-hydrogen) atoms. The molecule has 0 aromatic heterocycles. The van der Waals surface area contributed by atoms with Crippen molar-refractivity contribution in [2.24, 2.45) is 11.7 Å². The number of rotatable bonds is 4. The van der Waals surface area contributed by atoms with Gasteiger partial charge in [0, 0.05) is 11.6 Å². The van der Waals surface area contributed by atoms with E-state index in [0.717, 1.165) is 5.56 Å². The van der Waals surface area contributed by atoms with Gasteiger partial charge in [-0.25, -0.2) is 0 Å². The zero-order valence-corrected chi connectivity index (χ0v) is 13.3. The molecule has 2 N–H and O–H groups in total. The molecule has 0 aliphatic carbocycles. The summed E-state index contributed by atoms with van der Waals surface area (Å²) in [6.45, 7) is 5.83. The fourth-order valence-corrected chi connectivity index (χ4v) is 2.70. The van der Waals surface area contributed by atoms with Crippen molar-refractivity contribution in [3.63, 3.8) is 0 Å². The number of amides is 1. The number of benzene rings is 1. The van der Waals surface area contributed by atoms with E-state index in [-0.39, 0.29) is 12.0 Å². The molecule has 1 unspecified atom stereocenters. The molecule has 1 saturated heterocycles. The molecule has 1 aromatic rings. The Morgan fingerprint density at radius 3 is 2.71 bits per heavy atom. The van der Waals surface area contributed by atoms with E-state index < -0.39 is 6.04 Å². The molecule has 0 radical (unpaired) electrons. The fourth-order valence-electron chi connectivity index (χ4n) is 2.57. The van der Waals surface area contributed by atoms with Crippen molar-refractivity contribution in [1.82, 2.24) is 4.90 Å². The molecule has 0 saturated carbocycles. The van der Waals surface area contributed by atoms with Crippen LogP contribution in [-0.2, 0) is 9.53 Å². The molecule has 1 aliphatic heterocycles. The number of nitrogens with two attached hydrogens (primary N) is 1. The van der Waals surface area contributed by atoms with E-state index in [1.54, 1.807) is 0 Å². The second-order valence-corrected chi connectivity index (χ2v) is 6.37. The summed E-state index contributed by atoms with van der Waals surface area (Å²) >= 11 is 5.90. The molecule has 1 heterocycles. The van der Waals surface area contributed by atoms with Crippen LogP contribution < -0.4 is 5.73 Å². The van der Waals surface area contributed by atoms with E-state index in [4.69, 9.17) is 22.1 Å². The average molecular weight is 311 g/mol. The lowest BCUT2D eigenvalue weighted by Crippen LogP contribution is -2.49. The molecule has 1 aromatic carbocycles. The van der Waals surface area contributed by atoms with E-state index >= 15 is 0 Å². The van der Waals surface area contributed by atoms with Gasteiger partial charge in [-0.15, -0.1) is 0 Å². The van der Waals surface area contributed by atoms with Crippen LogP contribution in [0.5, 0.6) is 0 Å². The molecule has 1 fully saturated rings. The van der Waals surface area contributed by atoms with Crippen molar-refractivity contribution in [3.8, 4) is 0 Å². The highest BCUT2D eigenvalue weighted by Gasteiger charge is 2.28. The third kappa shape index (κ3) is 4.43. The van der Waals surface area contributed by atoms with Gasteiger partial charge >= 0.3 is 0 Å². The smallest absolute Gasteiger partial charge is 0.239 e. The topological polar surface area (TPSA) is 55.6 Å². The first-order valence-corrected chi connectivity index (χ1v) is 7.76. The standard InChI is InChI=1S/C16H23ClN2O2/c1-11(2)9-14(18)16(20)19-7-8-21-15(10-19)12-3-5-13(17)6-4-12/h3-6,11,14-15H,7-10,18H2,1-2H3/t14-,15?/m1/s1. The molecule has 0 spiro atoms. The number of hydrogen-bond donors (Lipinski definition) is 1. The lowest BCUT2D eigenvalue weighted by Gasteiger charge is -2.34. The molecular formula is C16H23ClN2O2. The monoisotopic (exact) mass is 310 g/mol. The summed E-state index contributed by atoms with van der Waals surface area (Å²) < 4.78 is 5.77. The van der Waals surface area contributed by atoms with Crippen LogP contribution >= 0.6 is 11.6 Å². The number of halogens is 1. The van der Waals surface area contributed by atoms with Gasteiger partial charge in [0.25, 0.3) is 0 Å². The summed E-state index contributed by atoms with van der Waals surface area (Å²) in [6.07, 6.45) is 0.605. The second-order valence-electron chi connectivity index (χ2n) is 5.93.